The second-order valence-corrected chi connectivity index (χ2v) is 3.44. The quantitative estimate of drug-likeness (QED) is 0.521. The molecule has 0 unspecified atom stereocenters. The SMILES string of the molecule is Cc1nn(C2CC(=O)C2)cc1[N+](=O)[O-]. The Balaban J connectivity index is 2.24. The summed E-state index contributed by atoms with van der Waals surface area (Å²) in [7, 11) is 0. The highest BCUT2D eigenvalue weighted by molar-refractivity contribution is 5.85. The molecule has 6 nitrogen and oxygen atoms in total. The fourth-order valence-electron chi connectivity index (χ4n) is 1.49. The summed E-state index contributed by atoms with van der Waals surface area (Å²) in [5.74, 6) is 0.186. The smallest absolute Gasteiger partial charge is 0.300 e. The zero-order valence-corrected chi connectivity index (χ0v) is 7.64. The van der Waals surface area contributed by atoms with E-state index < -0.39 is 4.92 Å². The van der Waals surface area contributed by atoms with Gasteiger partial charge in [0.15, 0.2) is 0 Å². The van der Waals surface area contributed by atoms with Gasteiger partial charge in [-0.2, -0.15) is 5.10 Å². The molecule has 0 radical (unpaired) electrons. The van der Waals surface area contributed by atoms with Gasteiger partial charge in [0.2, 0.25) is 0 Å². The van der Waals surface area contributed by atoms with E-state index in [0.717, 1.165) is 0 Å². The molecule has 1 saturated carbocycles. The summed E-state index contributed by atoms with van der Waals surface area (Å²) in [6, 6.07) is 0.0231. The van der Waals surface area contributed by atoms with Crippen molar-refractivity contribution in [1.82, 2.24) is 9.78 Å². The van der Waals surface area contributed by atoms with Gasteiger partial charge >= 0.3 is 5.69 Å². The number of carbonyl (C=O) groups excluding carboxylic acids is 1. The van der Waals surface area contributed by atoms with Gasteiger partial charge in [-0.3, -0.25) is 19.6 Å². The lowest BCUT2D eigenvalue weighted by Gasteiger charge is -2.23. The summed E-state index contributed by atoms with van der Waals surface area (Å²) in [6.45, 7) is 1.59. The molecule has 0 aliphatic heterocycles. The second kappa shape index (κ2) is 2.90. The Bertz CT molecular complexity index is 402. The Morgan fingerprint density at radius 1 is 1.64 bits per heavy atom. The molecule has 2 rings (SSSR count). The Morgan fingerprint density at radius 3 is 2.71 bits per heavy atom. The molecule has 1 aromatic rings. The predicted octanol–water partition coefficient (Wildman–Crippen LogP) is 1.00. The van der Waals surface area contributed by atoms with E-state index in [1.807, 2.05) is 0 Å². The molecular weight excluding hydrogens is 186 g/mol. The van der Waals surface area contributed by atoms with Crippen molar-refractivity contribution in [2.75, 3.05) is 0 Å². The Labute approximate surface area is 79.7 Å². The first-order valence-corrected chi connectivity index (χ1v) is 4.30. The molecule has 0 bridgehead atoms. The summed E-state index contributed by atoms with van der Waals surface area (Å²) < 4.78 is 1.52. The van der Waals surface area contributed by atoms with Gasteiger partial charge in [-0.1, -0.05) is 0 Å². The van der Waals surface area contributed by atoms with Gasteiger partial charge in [0.25, 0.3) is 0 Å². The second-order valence-electron chi connectivity index (χ2n) is 3.44. The van der Waals surface area contributed by atoms with Crippen LogP contribution in [0.4, 0.5) is 5.69 Å². The molecule has 0 saturated heterocycles. The summed E-state index contributed by atoms with van der Waals surface area (Å²) in [5, 5.41) is 14.5. The van der Waals surface area contributed by atoms with Crippen molar-refractivity contribution in [2.24, 2.45) is 0 Å². The summed E-state index contributed by atoms with van der Waals surface area (Å²) in [5.41, 5.74) is 0.415. The normalized spacial score (nSPS) is 16.8. The van der Waals surface area contributed by atoms with Crippen LogP contribution < -0.4 is 0 Å². The van der Waals surface area contributed by atoms with Crippen LogP contribution in [0.1, 0.15) is 24.6 Å². The number of nitro groups is 1. The third-order valence-electron chi connectivity index (χ3n) is 2.39. The van der Waals surface area contributed by atoms with Gasteiger partial charge in [-0.25, -0.2) is 0 Å². The lowest BCUT2D eigenvalue weighted by Crippen LogP contribution is -2.26. The first-order valence-electron chi connectivity index (χ1n) is 4.30. The van der Waals surface area contributed by atoms with Gasteiger partial charge < -0.3 is 0 Å². The number of aryl methyl sites for hydroxylation is 1. The van der Waals surface area contributed by atoms with Gasteiger partial charge in [0.1, 0.15) is 17.7 Å². The fourth-order valence-corrected chi connectivity index (χ4v) is 1.49. The maximum absolute atomic E-state index is 10.7. The third-order valence-corrected chi connectivity index (χ3v) is 2.39. The van der Waals surface area contributed by atoms with Crippen LogP contribution in [0.3, 0.4) is 0 Å². The first kappa shape index (κ1) is 8.86. The van der Waals surface area contributed by atoms with E-state index in [1.54, 1.807) is 6.92 Å². The standard InChI is InChI=1S/C8H9N3O3/c1-5-8(11(13)14)4-10(9-5)6-2-7(12)3-6/h4,6H,2-3H2,1H3. The highest BCUT2D eigenvalue weighted by Crippen LogP contribution is 2.29. The van der Waals surface area contributed by atoms with Crippen molar-refractivity contribution in [1.29, 1.82) is 0 Å². The van der Waals surface area contributed by atoms with Gasteiger partial charge in [0, 0.05) is 12.8 Å². The van der Waals surface area contributed by atoms with E-state index in [-0.39, 0.29) is 17.5 Å². The van der Waals surface area contributed by atoms with Crippen LogP contribution in [0.25, 0.3) is 0 Å². The predicted molar refractivity (Wildman–Crippen MR) is 46.9 cm³/mol. The minimum absolute atomic E-state index is 0.0179. The van der Waals surface area contributed by atoms with Gasteiger partial charge in [-0.05, 0) is 6.92 Å². The lowest BCUT2D eigenvalue weighted by molar-refractivity contribution is -0.385. The number of Topliss-reactive ketones (excluding diaryl/α,β-unsaturated/α-hetero) is 1. The number of carbonyl (C=O) groups is 1. The molecule has 1 aliphatic carbocycles. The van der Waals surface area contributed by atoms with Crippen LogP contribution >= 0.6 is 0 Å². The van der Waals surface area contributed by atoms with Crippen LogP contribution in [0.15, 0.2) is 6.20 Å². The van der Waals surface area contributed by atoms with E-state index in [2.05, 4.69) is 5.10 Å². The number of nitrogens with zero attached hydrogens (tertiary/aromatic N) is 3. The first-order chi connectivity index (χ1) is 6.58. The van der Waals surface area contributed by atoms with Crippen LogP contribution in [0.2, 0.25) is 0 Å². The number of rotatable bonds is 2. The zero-order chi connectivity index (χ0) is 10.3. The van der Waals surface area contributed by atoms with Crippen molar-refractivity contribution in [3.8, 4) is 0 Å². The molecule has 6 heteroatoms. The van der Waals surface area contributed by atoms with Gasteiger partial charge in [-0.15, -0.1) is 0 Å². The van der Waals surface area contributed by atoms with Crippen molar-refractivity contribution < 1.29 is 9.72 Å². The molecule has 0 aromatic carbocycles. The lowest BCUT2D eigenvalue weighted by atomic mass is 9.92. The molecular formula is C8H9N3O3. The monoisotopic (exact) mass is 195 g/mol. The van der Waals surface area contributed by atoms with Crippen molar-refractivity contribution in [2.45, 2.75) is 25.8 Å². The summed E-state index contributed by atoms with van der Waals surface area (Å²) in [4.78, 5) is 20.8. The van der Waals surface area contributed by atoms with Gasteiger partial charge in [0.05, 0.1) is 11.0 Å². The summed E-state index contributed by atoms with van der Waals surface area (Å²) in [6.07, 6.45) is 2.28. The topological polar surface area (TPSA) is 78.0 Å². The maximum Gasteiger partial charge on any atom is 0.309 e. The fraction of sp³-hybridized carbons (Fsp3) is 0.500. The molecule has 74 valence electrons. The largest absolute Gasteiger partial charge is 0.309 e. The number of hydrogen-bond acceptors (Lipinski definition) is 4. The minimum Gasteiger partial charge on any atom is -0.300 e. The van der Waals surface area contributed by atoms with Crippen molar-refractivity contribution >= 4 is 11.5 Å². The average molecular weight is 195 g/mol. The molecule has 1 heterocycles. The summed E-state index contributed by atoms with van der Waals surface area (Å²) >= 11 is 0. The van der Waals surface area contributed by atoms with E-state index in [0.29, 0.717) is 18.5 Å². The third kappa shape index (κ3) is 1.28. The van der Waals surface area contributed by atoms with E-state index in [1.165, 1.54) is 10.9 Å². The Hall–Kier alpha value is -1.72. The average Bonchev–Trinajstić information content (AvgIpc) is 2.41. The molecule has 0 atom stereocenters. The molecule has 0 N–H and O–H groups in total. The van der Waals surface area contributed by atoms with Crippen molar-refractivity contribution in [3.63, 3.8) is 0 Å². The number of hydrogen-bond donors (Lipinski definition) is 0. The van der Waals surface area contributed by atoms with E-state index in [9.17, 15) is 14.9 Å². The van der Waals surface area contributed by atoms with Crippen LogP contribution in [-0.4, -0.2) is 20.5 Å². The van der Waals surface area contributed by atoms with Crippen molar-refractivity contribution in [3.05, 3.63) is 22.0 Å². The van der Waals surface area contributed by atoms with Crippen LogP contribution in [0, 0.1) is 17.0 Å². The number of aromatic nitrogens is 2. The molecule has 14 heavy (non-hydrogen) atoms. The maximum atomic E-state index is 10.7. The van der Waals surface area contributed by atoms with Crippen LogP contribution in [0.5, 0.6) is 0 Å². The number of ketones is 1. The molecule has 1 fully saturated rings. The molecule has 0 spiro atoms. The van der Waals surface area contributed by atoms with E-state index >= 15 is 0 Å². The highest BCUT2D eigenvalue weighted by atomic mass is 16.6. The Morgan fingerprint density at radius 2 is 2.29 bits per heavy atom. The molecule has 0 amide bonds. The van der Waals surface area contributed by atoms with Crippen LogP contribution in [-0.2, 0) is 4.79 Å². The minimum atomic E-state index is -0.459. The highest BCUT2D eigenvalue weighted by Gasteiger charge is 2.30. The molecule has 1 aliphatic rings. The molecule has 1 aromatic heterocycles. The Kier molecular flexibility index (Phi) is 1.83. The van der Waals surface area contributed by atoms with E-state index in [4.69, 9.17) is 0 Å². The zero-order valence-electron chi connectivity index (χ0n) is 7.64.